The normalized spacial score (nSPS) is 12.0. The van der Waals surface area contributed by atoms with Gasteiger partial charge in [0.05, 0.1) is 10.6 Å². The molecule has 1 N–H and O–H groups in total. The molecule has 0 saturated heterocycles. The van der Waals surface area contributed by atoms with Crippen LogP contribution in [0.2, 0.25) is 5.02 Å². The van der Waals surface area contributed by atoms with Gasteiger partial charge < -0.3 is 10.2 Å². The number of sulfonamides is 1. The Morgan fingerprint density at radius 3 is 2.09 bits per heavy atom. The van der Waals surface area contributed by atoms with Gasteiger partial charge in [0.2, 0.25) is 11.8 Å². The van der Waals surface area contributed by atoms with E-state index in [4.69, 9.17) is 11.6 Å². The Balaban J connectivity index is 1.80. The number of aryl methyl sites for hydroxylation is 1. The van der Waals surface area contributed by atoms with Crippen molar-refractivity contribution in [1.82, 2.24) is 10.2 Å². The molecule has 0 unspecified atom stereocenters. The van der Waals surface area contributed by atoms with Crippen LogP contribution >= 0.6 is 11.6 Å². The van der Waals surface area contributed by atoms with Crippen molar-refractivity contribution in [3.05, 3.63) is 131 Å². The van der Waals surface area contributed by atoms with Gasteiger partial charge in [-0.2, -0.15) is 0 Å². The van der Waals surface area contributed by atoms with Gasteiger partial charge in [0.25, 0.3) is 10.0 Å². The van der Waals surface area contributed by atoms with Crippen LogP contribution in [0.25, 0.3) is 0 Å². The molecular formula is C35H37ClFN3O4S. The van der Waals surface area contributed by atoms with Crippen LogP contribution in [0.15, 0.2) is 108 Å². The molecule has 0 spiro atoms. The van der Waals surface area contributed by atoms with E-state index < -0.39 is 34.3 Å². The maximum Gasteiger partial charge on any atom is 0.264 e. The molecule has 236 valence electrons. The van der Waals surface area contributed by atoms with Crippen LogP contribution in [0.4, 0.5) is 10.1 Å². The molecule has 0 aliphatic carbocycles. The molecular weight excluding hydrogens is 613 g/mol. The molecule has 45 heavy (non-hydrogen) atoms. The minimum absolute atomic E-state index is 0.0156. The number of anilines is 1. The number of hydrogen-bond donors (Lipinski definition) is 1. The van der Waals surface area contributed by atoms with Crippen molar-refractivity contribution >= 4 is 39.1 Å². The monoisotopic (exact) mass is 649 g/mol. The van der Waals surface area contributed by atoms with E-state index in [9.17, 15) is 18.0 Å². The molecule has 0 aliphatic rings. The molecule has 4 aromatic rings. The molecule has 0 aromatic heterocycles. The average Bonchev–Trinajstić information content (AvgIpc) is 3.02. The Morgan fingerprint density at radius 2 is 1.47 bits per heavy atom. The second-order valence-corrected chi connectivity index (χ2v) is 13.6. The fourth-order valence-corrected chi connectivity index (χ4v) is 6.32. The molecule has 7 nitrogen and oxygen atoms in total. The van der Waals surface area contributed by atoms with Crippen molar-refractivity contribution in [2.24, 2.45) is 5.92 Å². The van der Waals surface area contributed by atoms with Crippen LogP contribution in [0.5, 0.6) is 0 Å². The van der Waals surface area contributed by atoms with Crippen molar-refractivity contribution in [1.29, 1.82) is 0 Å². The highest BCUT2D eigenvalue weighted by atomic mass is 35.5. The number of para-hydroxylation sites is 1. The van der Waals surface area contributed by atoms with Crippen LogP contribution in [0, 0.1) is 18.7 Å². The summed E-state index contributed by atoms with van der Waals surface area (Å²) in [7, 11) is -4.40. The molecule has 1 atom stereocenters. The second kappa shape index (κ2) is 15.2. The largest absolute Gasteiger partial charge is 0.354 e. The minimum Gasteiger partial charge on any atom is -0.354 e. The number of nitrogens with one attached hydrogen (secondary N) is 1. The Hall–Kier alpha value is -4.21. The number of halogens is 2. The van der Waals surface area contributed by atoms with Gasteiger partial charge in [-0.3, -0.25) is 13.9 Å². The maximum absolute atomic E-state index is 15.2. The first-order valence-electron chi connectivity index (χ1n) is 14.6. The van der Waals surface area contributed by atoms with Crippen LogP contribution in [0.3, 0.4) is 0 Å². The summed E-state index contributed by atoms with van der Waals surface area (Å²) < 4.78 is 44.0. The van der Waals surface area contributed by atoms with E-state index in [1.165, 1.54) is 35.2 Å². The Labute approximate surface area is 269 Å². The van der Waals surface area contributed by atoms with Crippen molar-refractivity contribution in [2.45, 2.75) is 44.7 Å². The van der Waals surface area contributed by atoms with Crippen molar-refractivity contribution in [3.8, 4) is 0 Å². The number of nitrogens with zero attached hydrogens (tertiary/aromatic N) is 2. The van der Waals surface area contributed by atoms with Gasteiger partial charge in [0.1, 0.15) is 18.4 Å². The number of rotatable bonds is 13. The third kappa shape index (κ3) is 8.93. The highest BCUT2D eigenvalue weighted by molar-refractivity contribution is 7.92. The van der Waals surface area contributed by atoms with Crippen LogP contribution < -0.4 is 9.62 Å². The minimum atomic E-state index is -4.40. The molecule has 0 aliphatic heterocycles. The first-order valence-corrected chi connectivity index (χ1v) is 16.5. The van der Waals surface area contributed by atoms with Crippen LogP contribution in [-0.4, -0.2) is 44.3 Å². The van der Waals surface area contributed by atoms with Gasteiger partial charge in [0.15, 0.2) is 0 Å². The Morgan fingerprint density at radius 1 is 0.844 bits per heavy atom. The van der Waals surface area contributed by atoms with Gasteiger partial charge in [-0.1, -0.05) is 97.7 Å². The summed E-state index contributed by atoms with van der Waals surface area (Å²) in [6, 6.07) is 26.6. The van der Waals surface area contributed by atoms with E-state index in [1.807, 2.05) is 51.1 Å². The van der Waals surface area contributed by atoms with Crippen molar-refractivity contribution in [2.75, 3.05) is 17.4 Å². The molecule has 4 rings (SSSR count). The van der Waals surface area contributed by atoms with E-state index in [0.29, 0.717) is 17.1 Å². The predicted octanol–water partition coefficient (Wildman–Crippen LogP) is 6.40. The number of hydrogen-bond acceptors (Lipinski definition) is 4. The van der Waals surface area contributed by atoms with Crippen molar-refractivity contribution < 1.29 is 22.4 Å². The van der Waals surface area contributed by atoms with E-state index in [2.05, 4.69) is 5.32 Å². The average molecular weight is 650 g/mol. The Bertz CT molecular complexity index is 1700. The van der Waals surface area contributed by atoms with E-state index in [1.54, 1.807) is 36.4 Å². The molecule has 0 bridgehead atoms. The van der Waals surface area contributed by atoms with E-state index in [0.717, 1.165) is 21.5 Å². The lowest BCUT2D eigenvalue weighted by Crippen LogP contribution is -2.53. The second-order valence-electron chi connectivity index (χ2n) is 11.3. The zero-order valence-corrected chi connectivity index (χ0v) is 27.1. The van der Waals surface area contributed by atoms with Crippen molar-refractivity contribution in [3.63, 3.8) is 0 Å². The van der Waals surface area contributed by atoms with Gasteiger partial charge in [-0.15, -0.1) is 0 Å². The van der Waals surface area contributed by atoms with Gasteiger partial charge in [-0.25, -0.2) is 12.8 Å². The molecule has 0 fully saturated rings. The smallest absolute Gasteiger partial charge is 0.264 e. The van der Waals surface area contributed by atoms with E-state index >= 15 is 4.39 Å². The van der Waals surface area contributed by atoms with Crippen LogP contribution in [-0.2, 0) is 32.6 Å². The predicted molar refractivity (Wildman–Crippen MR) is 176 cm³/mol. The molecule has 0 radical (unpaired) electrons. The summed E-state index contributed by atoms with van der Waals surface area (Å²) in [6.07, 6.45) is 0.175. The summed E-state index contributed by atoms with van der Waals surface area (Å²) in [5, 5.41) is 3.44. The van der Waals surface area contributed by atoms with Gasteiger partial charge >= 0.3 is 0 Å². The van der Waals surface area contributed by atoms with E-state index in [-0.39, 0.29) is 35.4 Å². The van der Waals surface area contributed by atoms with Gasteiger partial charge in [0, 0.05) is 24.5 Å². The first kappa shape index (κ1) is 33.7. The highest BCUT2D eigenvalue weighted by Crippen LogP contribution is 2.27. The summed E-state index contributed by atoms with van der Waals surface area (Å²) in [5.74, 6) is -1.71. The summed E-state index contributed by atoms with van der Waals surface area (Å²) in [6.45, 7) is 5.37. The summed E-state index contributed by atoms with van der Waals surface area (Å²) in [4.78, 5) is 29.5. The third-order valence-electron chi connectivity index (χ3n) is 7.23. The summed E-state index contributed by atoms with van der Waals surface area (Å²) >= 11 is 6.12. The lowest BCUT2D eigenvalue weighted by Gasteiger charge is -2.34. The molecule has 10 heteroatoms. The Kier molecular flexibility index (Phi) is 11.4. The zero-order chi connectivity index (χ0) is 32.6. The lowest BCUT2D eigenvalue weighted by atomic mass is 10.0. The number of carbonyl (C=O) groups is 2. The fraction of sp³-hybridized carbons (Fsp3) is 0.257. The van der Waals surface area contributed by atoms with Gasteiger partial charge in [-0.05, 0) is 60.4 Å². The SMILES string of the molecule is Cc1ccc(S(=O)(=O)N(CC(=O)N(Cc2ccc(Cl)cc2)[C@@H](Cc2ccccc2)C(=O)NCC(C)C)c2ccccc2F)cc1. The highest BCUT2D eigenvalue weighted by Gasteiger charge is 2.35. The zero-order valence-electron chi connectivity index (χ0n) is 25.5. The topological polar surface area (TPSA) is 86.8 Å². The molecule has 0 heterocycles. The number of carbonyl (C=O) groups excluding carboxylic acids is 2. The molecule has 2 amide bonds. The molecule has 4 aromatic carbocycles. The fourth-order valence-electron chi connectivity index (χ4n) is 4.77. The quantitative estimate of drug-likeness (QED) is 0.182. The van der Waals surface area contributed by atoms with Crippen LogP contribution in [0.1, 0.15) is 30.5 Å². The number of benzene rings is 4. The number of amides is 2. The first-order chi connectivity index (χ1) is 21.5. The lowest BCUT2D eigenvalue weighted by molar-refractivity contribution is -0.140. The summed E-state index contributed by atoms with van der Waals surface area (Å²) in [5.41, 5.74) is 2.06. The standard InChI is InChI=1S/C35H37ClFN3O4S/c1-25(2)22-38-35(42)33(21-27-9-5-4-6-10-27)39(23-28-15-17-29(36)18-16-28)34(41)24-40(32-12-8-7-11-31(32)37)45(43,44)30-19-13-26(3)14-20-30/h4-20,25,33H,21-24H2,1-3H3,(H,38,42)/t33-/m0/s1. The third-order valence-corrected chi connectivity index (χ3v) is 9.26. The molecule has 0 saturated carbocycles. The maximum atomic E-state index is 15.2.